The molecule has 1 heterocycles. The average Bonchev–Trinajstić information content (AvgIpc) is 3.06. The van der Waals surface area contributed by atoms with Crippen LogP contribution in [-0.2, 0) is 17.1 Å². The lowest BCUT2D eigenvalue weighted by Crippen LogP contribution is -2.31. The van der Waals surface area contributed by atoms with Gasteiger partial charge in [0, 0.05) is 30.0 Å². The van der Waals surface area contributed by atoms with Crippen molar-refractivity contribution in [1.82, 2.24) is 14.3 Å². The number of aromatic nitrogens is 2. The van der Waals surface area contributed by atoms with Crippen LogP contribution in [0.15, 0.2) is 65.8 Å². The minimum atomic E-state index is -3.89. The van der Waals surface area contributed by atoms with Crippen molar-refractivity contribution in [3.63, 3.8) is 0 Å². The van der Waals surface area contributed by atoms with Crippen LogP contribution in [0.2, 0.25) is 5.02 Å². The summed E-state index contributed by atoms with van der Waals surface area (Å²) in [5.41, 5.74) is 6.11. The lowest BCUT2D eigenvalue weighted by Gasteiger charge is -2.19. The van der Waals surface area contributed by atoms with Crippen molar-refractivity contribution >= 4 is 27.5 Å². The number of primary amides is 1. The van der Waals surface area contributed by atoms with Crippen LogP contribution in [0, 0.1) is 0 Å². The molecule has 0 bridgehead atoms. The number of carbonyl (C=O) groups is 1. The molecule has 3 rings (SSSR count). The lowest BCUT2D eigenvalue weighted by molar-refractivity contribution is 0.1000. The second-order valence-corrected chi connectivity index (χ2v) is 8.04. The van der Waals surface area contributed by atoms with Gasteiger partial charge in [-0.1, -0.05) is 23.7 Å². The summed E-state index contributed by atoms with van der Waals surface area (Å²) in [5, 5.41) is 0.544. The van der Waals surface area contributed by atoms with Crippen molar-refractivity contribution in [2.75, 3.05) is 0 Å². The van der Waals surface area contributed by atoms with E-state index in [2.05, 4.69) is 9.71 Å². The maximum Gasteiger partial charge on any atom is 0.248 e. The molecule has 7 nitrogen and oxygen atoms in total. The normalized spacial score (nSPS) is 12.7. The Kier molecular flexibility index (Phi) is 5.31. The molecular formula is C18H17ClN4O3S. The molecule has 0 saturated heterocycles. The second kappa shape index (κ2) is 7.51. The van der Waals surface area contributed by atoms with E-state index in [4.69, 9.17) is 17.3 Å². The summed E-state index contributed by atoms with van der Waals surface area (Å²) in [6, 6.07) is 11.5. The number of benzene rings is 2. The number of hydrogen-bond acceptors (Lipinski definition) is 4. The molecule has 0 aliphatic carbocycles. The van der Waals surface area contributed by atoms with E-state index in [1.54, 1.807) is 48.3 Å². The molecule has 9 heteroatoms. The molecule has 3 N–H and O–H groups in total. The SMILES string of the molecule is Cn1ccnc1C(NS(=O)(=O)c1ccc(C(N)=O)cc1)c1ccc(Cl)cc1. The van der Waals surface area contributed by atoms with E-state index in [0.717, 1.165) is 0 Å². The van der Waals surface area contributed by atoms with Crippen LogP contribution in [0.3, 0.4) is 0 Å². The van der Waals surface area contributed by atoms with Crippen molar-refractivity contribution in [3.8, 4) is 0 Å². The topological polar surface area (TPSA) is 107 Å². The molecule has 1 aromatic heterocycles. The van der Waals surface area contributed by atoms with Crippen molar-refractivity contribution < 1.29 is 13.2 Å². The third-order valence-corrected chi connectivity index (χ3v) is 5.73. The van der Waals surface area contributed by atoms with Gasteiger partial charge >= 0.3 is 0 Å². The summed E-state index contributed by atoms with van der Waals surface area (Å²) in [6.07, 6.45) is 3.32. The molecule has 0 spiro atoms. The van der Waals surface area contributed by atoms with Gasteiger partial charge in [-0.05, 0) is 42.0 Å². The number of aryl methyl sites for hydroxylation is 1. The number of hydrogen-bond donors (Lipinski definition) is 2. The molecule has 0 aliphatic heterocycles. The Bertz CT molecular complexity index is 1060. The first kappa shape index (κ1) is 19.1. The predicted molar refractivity (Wildman–Crippen MR) is 102 cm³/mol. The highest BCUT2D eigenvalue weighted by Gasteiger charge is 2.25. The Morgan fingerprint density at radius 3 is 2.30 bits per heavy atom. The number of nitrogens with two attached hydrogens (primary N) is 1. The van der Waals surface area contributed by atoms with Gasteiger partial charge in [-0.25, -0.2) is 13.4 Å². The van der Waals surface area contributed by atoms with E-state index < -0.39 is 22.0 Å². The van der Waals surface area contributed by atoms with Crippen LogP contribution in [0.25, 0.3) is 0 Å². The van der Waals surface area contributed by atoms with Gasteiger partial charge in [-0.15, -0.1) is 0 Å². The standard InChI is InChI=1S/C18H17ClN4O3S/c1-23-11-10-21-18(23)16(12-2-6-14(19)7-3-12)22-27(25,26)15-8-4-13(5-9-15)17(20)24/h2-11,16,22H,1H3,(H2,20,24). The highest BCUT2D eigenvalue weighted by Crippen LogP contribution is 2.25. The molecule has 1 unspecified atom stereocenters. The number of amides is 1. The molecule has 1 amide bonds. The number of sulfonamides is 1. The van der Waals surface area contributed by atoms with Gasteiger partial charge in [-0.3, -0.25) is 4.79 Å². The quantitative estimate of drug-likeness (QED) is 0.656. The maximum atomic E-state index is 12.9. The highest BCUT2D eigenvalue weighted by atomic mass is 35.5. The largest absolute Gasteiger partial charge is 0.366 e. The molecule has 27 heavy (non-hydrogen) atoms. The van der Waals surface area contributed by atoms with Crippen molar-refractivity contribution in [2.24, 2.45) is 12.8 Å². The Morgan fingerprint density at radius 2 is 1.78 bits per heavy atom. The number of halogens is 1. The van der Waals surface area contributed by atoms with Gasteiger partial charge in [0.25, 0.3) is 0 Å². The van der Waals surface area contributed by atoms with Crippen LogP contribution >= 0.6 is 11.6 Å². The summed E-state index contributed by atoms with van der Waals surface area (Å²) >= 11 is 5.94. The van der Waals surface area contributed by atoms with Crippen LogP contribution in [-0.4, -0.2) is 23.9 Å². The number of rotatable bonds is 6. The highest BCUT2D eigenvalue weighted by molar-refractivity contribution is 7.89. The van der Waals surface area contributed by atoms with Crippen molar-refractivity contribution in [3.05, 3.63) is 82.9 Å². The summed E-state index contributed by atoms with van der Waals surface area (Å²) in [4.78, 5) is 15.5. The van der Waals surface area contributed by atoms with E-state index >= 15 is 0 Å². The Balaban J connectivity index is 1.99. The molecule has 0 aliphatic rings. The molecule has 3 aromatic rings. The molecule has 2 aromatic carbocycles. The Hall–Kier alpha value is -2.68. The third-order valence-electron chi connectivity index (χ3n) is 4.04. The minimum absolute atomic E-state index is 0.0145. The Labute approximate surface area is 161 Å². The zero-order chi connectivity index (χ0) is 19.6. The molecule has 0 fully saturated rings. The van der Waals surface area contributed by atoms with Crippen LogP contribution in [0.4, 0.5) is 0 Å². The van der Waals surface area contributed by atoms with E-state index in [-0.39, 0.29) is 10.5 Å². The number of carbonyl (C=O) groups excluding carboxylic acids is 1. The molecule has 1 atom stereocenters. The van der Waals surface area contributed by atoms with E-state index in [1.807, 2.05) is 0 Å². The summed E-state index contributed by atoms with van der Waals surface area (Å²) in [6.45, 7) is 0. The number of imidazole rings is 1. The van der Waals surface area contributed by atoms with Gasteiger partial charge in [0.05, 0.1) is 4.90 Å². The van der Waals surface area contributed by atoms with Gasteiger partial charge in [0.15, 0.2) is 0 Å². The van der Waals surface area contributed by atoms with E-state index in [9.17, 15) is 13.2 Å². The predicted octanol–water partition coefficient (Wildman–Crippen LogP) is 2.24. The zero-order valence-electron chi connectivity index (χ0n) is 14.3. The van der Waals surface area contributed by atoms with Gasteiger partial charge < -0.3 is 10.3 Å². The molecule has 140 valence electrons. The van der Waals surface area contributed by atoms with Gasteiger partial charge in [0.1, 0.15) is 11.9 Å². The zero-order valence-corrected chi connectivity index (χ0v) is 15.9. The number of nitrogens with zero attached hydrogens (tertiary/aromatic N) is 2. The molecular weight excluding hydrogens is 388 g/mol. The second-order valence-electron chi connectivity index (χ2n) is 5.89. The fourth-order valence-corrected chi connectivity index (χ4v) is 3.91. The fraction of sp³-hybridized carbons (Fsp3) is 0.111. The smallest absolute Gasteiger partial charge is 0.248 e. The molecule has 0 saturated carbocycles. The number of nitrogens with one attached hydrogen (secondary N) is 1. The maximum absolute atomic E-state index is 12.9. The Morgan fingerprint density at radius 1 is 1.15 bits per heavy atom. The van der Waals surface area contributed by atoms with E-state index in [1.165, 1.54) is 24.3 Å². The summed E-state index contributed by atoms with van der Waals surface area (Å²) in [5.74, 6) is -0.103. The monoisotopic (exact) mass is 404 g/mol. The first-order valence-electron chi connectivity index (χ1n) is 7.93. The summed E-state index contributed by atoms with van der Waals surface area (Å²) in [7, 11) is -2.11. The first-order chi connectivity index (χ1) is 12.8. The average molecular weight is 405 g/mol. The van der Waals surface area contributed by atoms with Crippen LogP contribution in [0.1, 0.15) is 27.8 Å². The van der Waals surface area contributed by atoms with Crippen LogP contribution in [0.5, 0.6) is 0 Å². The van der Waals surface area contributed by atoms with Crippen molar-refractivity contribution in [2.45, 2.75) is 10.9 Å². The van der Waals surface area contributed by atoms with E-state index in [0.29, 0.717) is 16.4 Å². The summed E-state index contributed by atoms with van der Waals surface area (Å²) < 4.78 is 30.2. The van der Waals surface area contributed by atoms with Crippen LogP contribution < -0.4 is 10.5 Å². The van der Waals surface area contributed by atoms with Gasteiger partial charge in [0.2, 0.25) is 15.9 Å². The fourth-order valence-electron chi connectivity index (χ4n) is 2.60. The van der Waals surface area contributed by atoms with Crippen molar-refractivity contribution in [1.29, 1.82) is 0 Å². The first-order valence-corrected chi connectivity index (χ1v) is 9.79. The molecule has 0 radical (unpaired) electrons. The minimum Gasteiger partial charge on any atom is -0.366 e. The van der Waals surface area contributed by atoms with Gasteiger partial charge in [-0.2, -0.15) is 4.72 Å². The lowest BCUT2D eigenvalue weighted by atomic mass is 10.1. The third kappa shape index (κ3) is 4.19.